The van der Waals surface area contributed by atoms with Crippen LogP contribution in [0.3, 0.4) is 0 Å². The number of hydrogen-bond acceptors (Lipinski definition) is 2. The third-order valence-corrected chi connectivity index (χ3v) is 2.26. The fourth-order valence-electron chi connectivity index (χ4n) is 1.21. The molecule has 0 aliphatic carbocycles. The highest BCUT2D eigenvalue weighted by Crippen LogP contribution is 2.20. The topological polar surface area (TPSA) is 45.8 Å². The molecule has 0 spiro atoms. The van der Waals surface area contributed by atoms with Crippen molar-refractivity contribution in [2.75, 3.05) is 0 Å². The van der Waals surface area contributed by atoms with Crippen LogP contribution in [-0.4, -0.2) is 16.3 Å². The molecule has 1 N–H and O–H groups in total. The monoisotopic (exact) mass is 194 g/mol. The molecule has 0 aromatic carbocycles. The van der Waals surface area contributed by atoms with E-state index in [0.29, 0.717) is 16.4 Å². The van der Waals surface area contributed by atoms with Crippen LogP contribution < -0.4 is 0 Å². The van der Waals surface area contributed by atoms with Crippen molar-refractivity contribution in [3.63, 3.8) is 0 Å². The zero-order chi connectivity index (χ0) is 9.42. The van der Waals surface area contributed by atoms with Gasteiger partial charge in [-0.05, 0) is 19.1 Å². The second kappa shape index (κ2) is 2.85. The van der Waals surface area contributed by atoms with Crippen LogP contribution in [0.15, 0.2) is 12.1 Å². The highest BCUT2D eigenvalue weighted by atomic mass is 35.5. The maximum atomic E-state index is 10.5. The lowest BCUT2D eigenvalue weighted by Gasteiger charge is -1.95. The predicted octanol–water partition coefficient (Wildman–Crippen LogP) is 2.34. The number of nitrogens with one attached hydrogen (secondary N) is 1. The molecule has 0 radical (unpaired) electrons. The molecule has 0 saturated carbocycles. The summed E-state index contributed by atoms with van der Waals surface area (Å²) in [6, 6.07) is 3.52. The van der Waals surface area contributed by atoms with Crippen molar-refractivity contribution in [2.45, 2.75) is 6.92 Å². The van der Waals surface area contributed by atoms with Gasteiger partial charge in [-0.2, -0.15) is 0 Å². The van der Waals surface area contributed by atoms with Crippen molar-refractivity contribution in [1.29, 1.82) is 0 Å². The van der Waals surface area contributed by atoms with Crippen molar-refractivity contribution < 1.29 is 4.79 Å². The van der Waals surface area contributed by atoms with Crippen molar-refractivity contribution in [1.82, 2.24) is 9.97 Å². The smallest absolute Gasteiger partial charge is 0.166 e. The average Bonchev–Trinajstić information content (AvgIpc) is 2.48. The standard InChI is InChI=1S/C9H7ClN2O/c1-5-8(10)3-6-2-7(4-13)12-9(6)11-5/h2-4H,1H3,(H,11,12). The number of aromatic nitrogens is 2. The molecular weight excluding hydrogens is 188 g/mol. The van der Waals surface area contributed by atoms with Gasteiger partial charge in [0.2, 0.25) is 0 Å². The average molecular weight is 195 g/mol. The maximum Gasteiger partial charge on any atom is 0.166 e. The summed E-state index contributed by atoms with van der Waals surface area (Å²) in [5.74, 6) is 0. The van der Waals surface area contributed by atoms with E-state index >= 15 is 0 Å². The van der Waals surface area contributed by atoms with Crippen molar-refractivity contribution in [2.24, 2.45) is 0 Å². The van der Waals surface area contributed by atoms with Gasteiger partial charge in [-0.15, -0.1) is 0 Å². The van der Waals surface area contributed by atoms with Crippen LogP contribution in [-0.2, 0) is 0 Å². The Hall–Kier alpha value is -1.35. The van der Waals surface area contributed by atoms with Gasteiger partial charge in [-0.1, -0.05) is 11.6 Å². The summed E-state index contributed by atoms with van der Waals surface area (Å²) in [5, 5.41) is 1.47. The molecular formula is C9H7ClN2O. The molecule has 3 nitrogen and oxygen atoms in total. The molecule has 2 rings (SSSR count). The van der Waals surface area contributed by atoms with E-state index in [1.165, 1.54) is 0 Å². The molecule has 0 atom stereocenters. The summed E-state index contributed by atoms with van der Waals surface area (Å²) in [7, 11) is 0. The number of carbonyl (C=O) groups excluding carboxylic acids is 1. The molecule has 0 aliphatic heterocycles. The van der Waals surface area contributed by atoms with Crippen molar-refractivity contribution in [3.8, 4) is 0 Å². The highest BCUT2D eigenvalue weighted by Gasteiger charge is 2.04. The molecule has 2 aromatic heterocycles. The Morgan fingerprint density at radius 1 is 1.54 bits per heavy atom. The van der Waals surface area contributed by atoms with Gasteiger partial charge in [0.05, 0.1) is 16.4 Å². The quantitative estimate of drug-likeness (QED) is 0.709. The van der Waals surface area contributed by atoms with Gasteiger partial charge < -0.3 is 4.98 Å². The SMILES string of the molecule is Cc1nc2[nH]c(C=O)cc2cc1Cl. The van der Waals surface area contributed by atoms with E-state index in [0.717, 1.165) is 17.4 Å². The van der Waals surface area contributed by atoms with Crippen LogP contribution in [0.4, 0.5) is 0 Å². The number of pyridine rings is 1. The molecule has 0 fully saturated rings. The number of fused-ring (bicyclic) bond motifs is 1. The zero-order valence-electron chi connectivity index (χ0n) is 6.97. The summed E-state index contributed by atoms with van der Waals surface area (Å²) < 4.78 is 0. The Labute approximate surface area is 79.7 Å². The number of aryl methyl sites for hydroxylation is 1. The van der Waals surface area contributed by atoms with Crippen LogP contribution in [0.2, 0.25) is 5.02 Å². The predicted molar refractivity (Wildman–Crippen MR) is 51.2 cm³/mol. The van der Waals surface area contributed by atoms with Crippen LogP contribution in [0, 0.1) is 6.92 Å². The number of aromatic amines is 1. The number of nitrogens with zero attached hydrogens (tertiary/aromatic N) is 1. The molecule has 0 amide bonds. The van der Waals surface area contributed by atoms with Gasteiger partial charge in [0.1, 0.15) is 5.65 Å². The fraction of sp³-hybridized carbons (Fsp3) is 0.111. The third-order valence-electron chi connectivity index (χ3n) is 1.88. The molecule has 0 unspecified atom stereocenters. The van der Waals surface area contributed by atoms with E-state index in [4.69, 9.17) is 11.6 Å². The van der Waals surface area contributed by atoms with E-state index in [1.807, 2.05) is 6.92 Å². The lowest BCUT2D eigenvalue weighted by molar-refractivity contribution is 0.112. The van der Waals surface area contributed by atoms with Crippen molar-refractivity contribution in [3.05, 3.63) is 28.5 Å². The normalized spacial score (nSPS) is 10.6. The Morgan fingerprint density at radius 3 is 3.00 bits per heavy atom. The Bertz CT molecular complexity index is 437. The van der Waals surface area contributed by atoms with Gasteiger partial charge in [-0.25, -0.2) is 4.98 Å². The van der Waals surface area contributed by atoms with E-state index in [-0.39, 0.29) is 0 Å². The molecule has 0 bridgehead atoms. The number of hydrogen-bond donors (Lipinski definition) is 1. The number of halogens is 1. The first-order chi connectivity index (χ1) is 6.20. The van der Waals surface area contributed by atoms with E-state index in [2.05, 4.69) is 9.97 Å². The minimum atomic E-state index is 0.518. The third kappa shape index (κ3) is 1.31. The van der Waals surface area contributed by atoms with Crippen molar-refractivity contribution >= 4 is 28.9 Å². The van der Waals surface area contributed by atoms with E-state index in [1.54, 1.807) is 12.1 Å². The molecule has 2 aromatic rings. The summed E-state index contributed by atoms with van der Waals surface area (Å²) in [4.78, 5) is 17.5. The largest absolute Gasteiger partial charge is 0.337 e. The Balaban J connectivity index is 2.77. The van der Waals surface area contributed by atoms with E-state index in [9.17, 15) is 4.79 Å². The van der Waals surface area contributed by atoms with Gasteiger partial charge in [0.25, 0.3) is 0 Å². The fourth-order valence-corrected chi connectivity index (χ4v) is 1.37. The first kappa shape index (κ1) is 8.26. The van der Waals surface area contributed by atoms with Crippen LogP contribution in [0.5, 0.6) is 0 Å². The van der Waals surface area contributed by atoms with Crippen LogP contribution >= 0.6 is 11.6 Å². The number of H-pyrrole nitrogens is 1. The second-order valence-electron chi connectivity index (χ2n) is 2.84. The lowest BCUT2D eigenvalue weighted by Crippen LogP contribution is -1.83. The van der Waals surface area contributed by atoms with E-state index < -0.39 is 0 Å². The Kier molecular flexibility index (Phi) is 1.81. The van der Waals surface area contributed by atoms with Gasteiger partial charge in [0, 0.05) is 5.39 Å². The minimum absolute atomic E-state index is 0.518. The van der Waals surface area contributed by atoms with Gasteiger partial charge >= 0.3 is 0 Å². The van der Waals surface area contributed by atoms with Crippen LogP contribution in [0.25, 0.3) is 11.0 Å². The summed E-state index contributed by atoms with van der Waals surface area (Å²) in [5.41, 5.74) is 1.97. The molecule has 13 heavy (non-hydrogen) atoms. The van der Waals surface area contributed by atoms with Crippen LogP contribution in [0.1, 0.15) is 16.2 Å². The molecule has 4 heteroatoms. The summed E-state index contributed by atoms with van der Waals surface area (Å²) in [6.07, 6.45) is 0.755. The zero-order valence-corrected chi connectivity index (χ0v) is 7.72. The first-order valence-corrected chi connectivity index (χ1v) is 4.19. The second-order valence-corrected chi connectivity index (χ2v) is 3.24. The highest BCUT2D eigenvalue weighted by molar-refractivity contribution is 6.31. The first-order valence-electron chi connectivity index (χ1n) is 3.82. The molecule has 2 heterocycles. The number of carbonyl (C=O) groups is 1. The maximum absolute atomic E-state index is 10.5. The minimum Gasteiger partial charge on any atom is -0.337 e. The lowest BCUT2D eigenvalue weighted by atomic mass is 10.3. The number of rotatable bonds is 1. The number of aldehydes is 1. The molecule has 0 saturated heterocycles. The van der Waals surface area contributed by atoms with Gasteiger partial charge in [-0.3, -0.25) is 4.79 Å². The molecule has 0 aliphatic rings. The molecule has 66 valence electrons. The van der Waals surface area contributed by atoms with Gasteiger partial charge in [0.15, 0.2) is 6.29 Å². The summed E-state index contributed by atoms with van der Waals surface area (Å²) in [6.45, 7) is 1.82. The Morgan fingerprint density at radius 2 is 2.31 bits per heavy atom. The summed E-state index contributed by atoms with van der Waals surface area (Å²) >= 11 is 5.88.